The summed E-state index contributed by atoms with van der Waals surface area (Å²) in [4.78, 5) is 41.7. The molecule has 2 fully saturated rings. The van der Waals surface area contributed by atoms with Gasteiger partial charge in [-0.25, -0.2) is 4.79 Å². The molecule has 8 heteroatoms. The lowest BCUT2D eigenvalue weighted by Gasteiger charge is -2.36. The zero-order valence-corrected chi connectivity index (χ0v) is 22.6. The van der Waals surface area contributed by atoms with E-state index < -0.39 is 23.8 Å². The Morgan fingerprint density at radius 3 is 2.26 bits per heavy atom. The molecule has 0 aromatic heterocycles. The van der Waals surface area contributed by atoms with Crippen molar-refractivity contribution in [3.8, 4) is 0 Å². The molecule has 0 saturated heterocycles. The Morgan fingerprint density at radius 2 is 1.71 bits per heavy atom. The van der Waals surface area contributed by atoms with Gasteiger partial charge in [-0.1, -0.05) is 37.5 Å². The molecule has 0 spiro atoms. The zero-order valence-electron chi connectivity index (χ0n) is 21.7. The highest BCUT2D eigenvalue weighted by molar-refractivity contribution is 7.80. The highest BCUT2D eigenvalue weighted by Gasteiger charge is 2.44. The quantitative estimate of drug-likeness (QED) is 0.452. The summed E-state index contributed by atoms with van der Waals surface area (Å²) in [5, 5.41) is 5.91. The van der Waals surface area contributed by atoms with E-state index >= 15 is 0 Å². The van der Waals surface area contributed by atoms with Gasteiger partial charge in [0.25, 0.3) is 0 Å². The van der Waals surface area contributed by atoms with Crippen molar-refractivity contribution in [3.05, 3.63) is 34.9 Å². The van der Waals surface area contributed by atoms with Crippen LogP contribution in [0.1, 0.15) is 88.4 Å². The number of hydrogen-bond donors (Lipinski definition) is 3. The van der Waals surface area contributed by atoms with Crippen LogP contribution < -0.4 is 10.6 Å². The zero-order chi connectivity index (χ0) is 25.8. The molecule has 0 heterocycles. The topological polar surface area (TPSA) is 87.7 Å². The van der Waals surface area contributed by atoms with Crippen molar-refractivity contribution in [2.45, 2.75) is 109 Å². The van der Waals surface area contributed by atoms with Crippen molar-refractivity contribution in [1.82, 2.24) is 15.5 Å². The molecule has 3 rings (SSSR count). The molecule has 2 atom stereocenters. The second-order valence-electron chi connectivity index (χ2n) is 10.9. The summed E-state index contributed by atoms with van der Waals surface area (Å²) in [7, 11) is 0. The summed E-state index contributed by atoms with van der Waals surface area (Å²) in [5.74, 6) is -0.364. The number of rotatable bonds is 8. The number of carbonyl (C=O) groups is 3. The Morgan fingerprint density at radius 1 is 1.06 bits per heavy atom. The number of thiol groups is 1. The minimum Gasteiger partial charge on any atom is -0.444 e. The third-order valence-corrected chi connectivity index (χ3v) is 7.06. The molecule has 1 aromatic rings. The second kappa shape index (κ2) is 11.7. The lowest BCUT2D eigenvalue weighted by atomic mass is 9.94. The van der Waals surface area contributed by atoms with E-state index in [1.165, 1.54) is 6.42 Å². The molecule has 2 unspecified atom stereocenters. The molecule has 194 valence electrons. The number of benzene rings is 1. The molecule has 2 N–H and O–H groups in total. The average Bonchev–Trinajstić information content (AvgIpc) is 3.62. The van der Waals surface area contributed by atoms with Gasteiger partial charge in [0.05, 0.1) is 0 Å². The Kier molecular flexibility index (Phi) is 9.13. The predicted molar refractivity (Wildman–Crippen MR) is 141 cm³/mol. The monoisotopic (exact) mass is 503 g/mol. The summed E-state index contributed by atoms with van der Waals surface area (Å²) < 4.78 is 5.36. The van der Waals surface area contributed by atoms with E-state index in [1.807, 2.05) is 32.0 Å². The number of nitrogens with zero attached hydrogens (tertiary/aromatic N) is 1. The number of carbonyl (C=O) groups excluding carboxylic acids is 3. The van der Waals surface area contributed by atoms with Crippen molar-refractivity contribution in [1.29, 1.82) is 0 Å². The van der Waals surface area contributed by atoms with Gasteiger partial charge < -0.3 is 20.3 Å². The first kappa shape index (κ1) is 27.4. The van der Waals surface area contributed by atoms with Crippen LogP contribution in [0, 0.1) is 13.8 Å². The maximum atomic E-state index is 13.8. The van der Waals surface area contributed by atoms with E-state index in [1.54, 1.807) is 25.7 Å². The predicted octanol–water partition coefficient (Wildman–Crippen LogP) is 4.61. The van der Waals surface area contributed by atoms with E-state index in [9.17, 15) is 14.4 Å². The summed E-state index contributed by atoms with van der Waals surface area (Å²) in [6.07, 6.45) is 6.31. The van der Waals surface area contributed by atoms with E-state index in [2.05, 4.69) is 23.3 Å². The molecular weight excluding hydrogens is 462 g/mol. The maximum Gasteiger partial charge on any atom is 0.408 e. The molecule has 7 nitrogen and oxygen atoms in total. The molecule has 3 amide bonds. The number of alkyl carbamates (subject to hydrolysis) is 1. The molecular formula is C27H41N3O4S. The van der Waals surface area contributed by atoms with E-state index in [4.69, 9.17) is 4.74 Å². The molecule has 0 radical (unpaired) electrons. The van der Waals surface area contributed by atoms with Crippen LogP contribution in [0.15, 0.2) is 18.2 Å². The largest absolute Gasteiger partial charge is 0.444 e. The minimum atomic E-state index is -0.898. The van der Waals surface area contributed by atoms with Gasteiger partial charge in [0.15, 0.2) is 0 Å². The number of nitrogens with one attached hydrogen (secondary N) is 2. The first-order chi connectivity index (χ1) is 16.5. The first-order valence-corrected chi connectivity index (χ1v) is 13.4. The van der Waals surface area contributed by atoms with Gasteiger partial charge in [-0.15, -0.1) is 0 Å². The van der Waals surface area contributed by atoms with Gasteiger partial charge in [0.2, 0.25) is 11.8 Å². The normalized spacial score (nSPS) is 18.3. The van der Waals surface area contributed by atoms with Crippen molar-refractivity contribution in [2.75, 3.05) is 5.75 Å². The third kappa shape index (κ3) is 7.63. The van der Waals surface area contributed by atoms with Gasteiger partial charge >= 0.3 is 6.09 Å². The number of aryl methyl sites for hydroxylation is 2. The summed E-state index contributed by atoms with van der Waals surface area (Å²) in [6.45, 7) is 9.35. The number of ether oxygens (including phenoxy) is 1. The van der Waals surface area contributed by atoms with Crippen LogP contribution >= 0.6 is 12.6 Å². The van der Waals surface area contributed by atoms with Crippen molar-refractivity contribution < 1.29 is 19.1 Å². The Balaban J connectivity index is 1.91. The van der Waals surface area contributed by atoms with Crippen molar-refractivity contribution >= 4 is 30.5 Å². The summed E-state index contributed by atoms with van der Waals surface area (Å²) >= 11 is 4.35. The standard InChI is InChI=1S/C27H41N3O4S/c1-17-11-12-19(15-18(17)2)23(24(31)28-20-9-7-6-8-10-20)30(21-13-14-21)25(32)22(16-35)29-26(33)34-27(3,4)5/h11-12,15,20-23,35H,6-10,13-14,16H2,1-5H3,(H,28,31)(H,29,33). The highest BCUT2D eigenvalue weighted by atomic mass is 32.1. The van der Waals surface area contributed by atoms with Crippen molar-refractivity contribution in [2.24, 2.45) is 0 Å². The lowest BCUT2D eigenvalue weighted by Crippen LogP contribution is -2.55. The van der Waals surface area contributed by atoms with Crippen LogP contribution in [-0.2, 0) is 14.3 Å². The Hall–Kier alpha value is -2.22. The molecule has 0 aliphatic heterocycles. The highest BCUT2D eigenvalue weighted by Crippen LogP contribution is 2.36. The van der Waals surface area contributed by atoms with Gasteiger partial charge in [-0.05, 0) is 77.0 Å². The summed E-state index contributed by atoms with van der Waals surface area (Å²) in [5.41, 5.74) is 2.30. The van der Waals surface area contributed by atoms with Gasteiger partial charge in [0, 0.05) is 17.8 Å². The molecule has 35 heavy (non-hydrogen) atoms. The van der Waals surface area contributed by atoms with E-state index in [0.29, 0.717) is 0 Å². The fourth-order valence-electron chi connectivity index (χ4n) is 4.59. The van der Waals surface area contributed by atoms with Crippen LogP contribution in [0.4, 0.5) is 4.79 Å². The molecule has 2 aliphatic carbocycles. The van der Waals surface area contributed by atoms with Gasteiger partial charge in [0.1, 0.15) is 17.7 Å². The van der Waals surface area contributed by atoms with Crippen LogP contribution in [0.25, 0.3) is 0 Å². The second-order valence-corrected chi connectivity index (χ2v) is 11.3. The van der Waals surface area contributed by atoms with Crippen LogP contribution in [0.5, 0.6) is 0 Å². The van der Waals surface area contributed by atoms with Gasteiger partial charge in [-0.3, -0.25) is 9.59 Å². The van der Waals surface area contributed by atoms with Gasteiger partial charge in [-0.2, -0.15) is 12.6 Å². The lowest BCUT2D eigenvalue weighted by molar-refractivity contribution is -0.143. The minimum absolute atomic E-state index is 0.0472. The maximum absolute atomic E-state index is 13.8. The van der Waals surface area contributed by atoms with Crippen LogP contribution in [0.3, 0.4) is 0 Å². The van der Waals surface area contributed by atoms with Crippen LogP contribution in [-0.4, -0.2) is 52.3 Å². The SMILES string of the molecule is Cc1ccc(C(C(=O)NC2CCCCC2)N(C(=O)C(CS)NC(=O)OC(C)(C)C)C2CC2)cc1C. The van der Waals surface area contributed by atoms with E-state index in [0.717, 1.165) is 55.2 Å². The number of hydrogen-bond acceptors (Lipinski definition) is 5. The van der Waals surface area contributed by atoms with Crippen molar-refractivity contribution in [3.63, 3.8) is 0 Å². The Labute approximate surface area is 215 Å². The Bertz CT molecular complexity index is 919. The fourth-order valence-corrected chi connectivity index (χ4v) is 4.83. The fraction of sp³-hybridized carbons (Fsp3) is 0.667. The van der Waals surface area contributed by atoms with Crippen LogP contribution in [0.2, 0.25) is 0 Å². The molecule has 1 aromatic carbocycles. The summed E-state index contributed by atoms with van der Waals surface area (Å²) in [6, 6.07) is 4.35. The average molecular weight is 504 g/mol. The third-order valence-electron chi connectivity index (χ3n) is 6.69. The molecule has 0 bridgehead atoms. The number of amides is 3. The van der Waals surface area contributed by atoms with E-state index in [-0.39, 0.29) is 29.7 Å². The smallest absolute Gasteiger partial charge is 0.408 e. The molecule has 2 saturated carbocycles. The molecule has 2 aliphatic rings. The first-order valence-electron chi connectivity index (χ1n) is 12.8.